The van der Waals surface area contributed by atoms with Crippen molar-refractivity contribution >= 4 is 5.91 Å². The van der Waals surface area contributed by atoms with Gasteiger partial charge in [0.1, 0.15) is 11.5 Å². The number of alkyl halides is 3. The van der Waals surface area contributed by atoms with Crippen molar-refractivity contribution in [2.75, 3.05) is 20.1 Å². The minimum atomic E-state index is -4.86. The molecule has 0 radical (unpaired) electrons. The number of piperidine rings is 1. The number of halogens is 4. The SMILES string of the molecule is CNC1CCCN(C(=O)c2cnn(-c3ccccc3F)c2C(F)(F)F)C1. The normalized spacial score (nSPS) is 18.2. The lowest BCUT2D eigenvalue weighted by Gasteiger charge is -2.32. The summed E-state index contributed by atoms with van der Waals surface area (Å²) in [7, 11) is 1.75. The molecule has 5 nitrogen and oxygen atoms in total. The number of nitrogens with zero attached hydrogens (tertiary/aromatic N) is 3. The average molecular weight is 370 g/mol. The number of aromatic nitrogens is 2. The van der Waals surface area contributed by atoms with Crippen molar-refractivity contribution in [1.29, 1.82) is 0 Å². The summed E-state index contributed by atoms with van der Waals surface area (Å²) in [5, 5.41) is 6.70. The first-order chi connectivity index (χ1) is 12.3. The van der Waals surface area contributed by atoms with E-state index in [4.69, 9.17) is 0 Å². The van der Waals surface area contributed by atoms with Crippen molar-refractivity contribution in [3.8, 4) is 5.69 Å². The van der Waals surface area contributed by atoms with E-state index in [1.165, 1.54) is 23.1 Å². The number of para-hydroxylation sites is 1. The Labute approximate surface area is 147 Å². The zero-order chi connectivity index (χ0) is 18.9. The van der Waals surface area contributed by atoms with Crippen LogP contribution in [0.1, 0.15) is 28.9 Å². The van der Waals surface area contributed by atoms with Crippen LogP contribution >= 0.6 is 0 Å². The summed E-state index contributed by atoms with van der Waals surface area (Å²) in [6.45, 7) is 0.691. The van der Waals surface area contributed by atoms with Crippen LogP contribution in [0.4, 0.5) is 17.6 Å². The molecule has 0 spiro atoms. The second-order valence-corrected chi connectivity index (χ2v) is 6.15. The molecule has 1 aliphatic rings. The summed E-state index contributed by atoms with van der Waals surface area (Å²) in [6.07, 6.45) is -2.45. The van der Waals surface area contributed by atoms with E-state index in [-0.39, 0.29) is 11.7 Å². The summed E-state index contributed by atoms with van der Waals surface area (Å²) in [6, 6.07) is 5.03. The van der Waals surface area contributed by atoms with Gasteiger partial charge in [-0.25, -0.2) is 9.07 Å². The van der Waals surface area contributed by atoms with Crippen LogP contribution in [0.2, 0.25) is 0 Å². The van der Waals surface area contributed by atoms with Crippen LogP contribution in [0, 0.1) is 5.82 Å². The van der Waals surface area contributed by atoms with Crippen LogP contribution in [0.3, 0.4) is 0 Å². The van der Waals surface area contributed by atoms with Crippen LogP contribution in [-0.4, -0.2) is 46.8 Å². The summed E-state index contributed by atoms with van der Waals surface area (Å²) in [4.78, 5) is 14.1. The Morgan fingerprint density at radius 1 is 1.31 bits per heavy atom. The van der Waals surface area contributed by atoms with Gasteiger partial charge >= 0.3 is 6.18 Å². The smallest absolute Gasteiger partial charge is 0.337 e. The zero-order valence-corrected chi connectivity index (χ0v) is 14.1. The molecule has 1 fully saturated rings. The van der Waals surface area contributed by atoms with Gasteiger partial charge in [-0.05, 0) is 32.0 Å². The second kappa shape index (κ2) is 7.06. The maximum absolute atomic E-state index is 14.0. The van der Waals surface area contributed by atoms with Gasteiger partial charge in [-0.2, -0.15) is 18.3 Å². The Kier molecular flexibility index (Phi) is 4.99. The zero-order valence-electron chi connectivity index (χ0n) is 14.1. The van der Waals surface area contributed by atoms with Gasteiger partial charge in [-0.3, -0.25) is 4.79 Å². The lowest BCUT2D eigenvalue weighted by molar-refractivity contribution is -0.143. The molecule has 1 atom stereocenters. The number of likely N-dealkylation sites (tertiary alicyclic amines) is 1. The lowest BCUT2D eigenvalue weighted by atomic mass is 10.0. The fourth-order valence-corrected chi connectivity index (χ4v) is 3.15. The fourth-order valence-electron chi connectivity index (χ4n) is 3.15. The number of hydrogen-bond donors (Lipinski definition) is 1. The van der Waals surface area contributed by atoms with Crippen molar-refractivity contribution in [2.45, 2.75) is 25.1 Å². The van der Waals surface area contributed by atoms with Gasteiger partial charge in [0.15, 0.2) is 5.69 Å². The Hall–Kier alpha value is -2.42. The maximum Gasteiger partial charge on any atom is 0.434 e. The number of amides is 1. The molecule has 1 aromatic carbocycles. The summed E-state index contributed by atoms with van der Waals surface area (Å²) < 4.78 is 55.4. The van der Waals surface area contributed by atoms with Gasteiger partial charge in [-0.15, -0.1) is 0 Å². The first kappa shape index (κ1) is 18.4. The highest BCUT2D eigenvalue weighted by Gasteiger charge is 2.42. The minimum Gasteiger partial charge on any atom is -0.337 e. The molecule has 1 unspecified atom stereocenters. The lowest BCUT2D eigenvalue weighted by Crippen LogP contribution is -2.47. The van der Waals surface area contributed by atoms with Crippen LogP contribution in [0.5, 0.6) is 0 Å². The minimum absolute atomic E-state index is 0.0312. The van der Waals surface area contributed by atoms with Crippen molar-refractivity contribution < 1.29 is 22.4 Å². The monoisotopic (exact) mass is 370 g/mol. The predicted octanol–water partition coefficient (Wildman–Crippen LogP) is 2.85. The van der Waals surface area contributed by atoms with Crippen LogP contribution in [-0.2, 0) is 6.18 Å². The Morgan fingerprint density at radius 2 is 2.04 bits per heavy atom. The molecule has 2 heterocycles. The van der Waals surface area contributed by atoms with E-state index < -0.39 is 29.2 Å². The van der Waals surface area contributed by atoms with Crippen LogP contribution < -0.4 is 5.32 Å². The number of carbonyl (C=O) groups excluding carboxylic acids is 1. The van der Waals surface area contributed by atoms with Crippen LogP contribution in [0.15, 0.2) is 30.5 Å². The van der Waals surface area contributed by atoms with E-state index in [9.17, 15) is 22.4 Å². The molecule has 0 bridgehead atoms. The third-order valence-electron chi connectivity index (χ3n) is 4.47. The summed E-state index contributed by atoms with van der Waals surface area (Å²) in [5.74, 6) is -1.60. The number of benzene rings is 1. The van der Waals surface area contributed by atoms with Crippen molar-refractivity contribution in [1.82, 2.24) is 20.0 Å². The Bertz CT molecular complexity index is 802. The number of likely N-dealkylation sites (N-methyl/N-ethyl adjacent to an activating group) is 1. The Morgan fingerprint density at radius 3 is 2.69 bits per heavy atom. The molecule has 140 valence electrons. The van der Waals surface area contributed by atoms with Crippen molar-refractivity contribution in [3.05, 3.63) is 47.5 Å². The molecule has 0 aliphatic carbocycles. The Balaban J connectivity index is 2.03. The number of hydrogen-bond acceptors (Lipinski definition) is 3. The van der Waals surface area contributed by atoms with Gasteiger partial charge in [-0.1, -0.05) is 12.1 Å². The molecule has 9 heteroatoms. The highest BCUT2D eigenvalue weighted by Crippen LogP contribution is 2.35. The van der Waals surface area contributed by atoms with Crippen molar-refractivity contribution in [3.63, 3.8) is 0 Å². The quantitative estimate of drug-likeness (QED) is 0.846. The van der Waals surface area contributed by atoms with Crippen LogP contribution in [0.25, 0.3) is 5.69 Å². The molecular formula is C17H18F4N4O. The molecule has 3 rings (SSSR count). The molecular weight excluding hydrogens is 352 g/mol. The van der Waals surface area contributed by atoms with E-state index in [0.29, 0.717) is 24.2 Å². The second-order valence-electron chi connectivity index (χ2n) is 6.15. The topological polar surface area (TPSA) is 50.2 Å². The first-order valence-corrected chi connectivity index (χ1v) is 8.19. The molecule has 1 aromatic heterocycles. The van der Waals surface area contributed by atoms with E-state index >= 15 is 0 Å². The molecule has 1 aliphatic heterocycles. The molecule has 2 aromatic rings. The number of rotatable bonds is 3. The predicted molar refractivity (Wildman–Crippen MR) is 86.5 cm³/mol. The third-order valence-corrected chi connectivity index (χ3v) is 4.47. The largest absolute Gasteiger partial charge is 0.434 e. The summed E-state index contributed by atoms with van der Waals surface area (Å²) >= 11 is 0. The number of nitrogens with one attached hydrogen (secondary N) is 1. The molecule has 26 heavy (non-hydrogen) atoms. The van der Waals surface area contributed by atoms with Gasteiger partial charge in [0.2, 0.25) is 0 Å². The van der Waals surface area contributed by atoms with Gasteiger partial charge in [0, 0.05) is 19.1 Å². The number of carbonyl (C=O) groups is 1. The third kappa shape index (κ3) is 3.44. The average Bonchev–Trinajstić information content (AvgIpc) is 3.06. The first-order valence-electron chi connectivity index (χ1n) is 8.19. The van der Waals surface area contributed by atoms with Gasteiger partial charge < -0.3 is 10.2 Å². The van der Waals surface area contributed by atoms with Gasteiger partial charge in [0.25, 0.3) is 5.91 Å². The highest BCUT2D eigenvalue weighted by atomic mass is 19.4. The molecule has 1 amide bonds. The molecule has 0 saturated carbocycles. The standard InChI is InChI=1S/C17H18F4N4O/c1-22-11-5-4-8-24(10-11)16(26)12-9-23-25(15(12)17(19,20)21)14-7-3-2-6-13(14)18/h2-3,6-7,9,11,22H,4-5,8,10H2,1H3. The summed E-state index contributed by atoms with van der Waals surface area (Å²) in [5.41, 5.74) is -2.19. The van der Waals surface area contributed by atoms with E-state index in [2.05, 4.69) is 10.4 Å². The highest BCUT2D eigenvalue weighted by molar-refractivity contribution is 5.95. The fraction of sp³-hybridized carbons (Fsp3) is 0.412. The molecule has 1 N–H and O–H groups in total. The van der Waals surface area contributed by atoms with E-state index in [1.807, 2.05) is 0 Å². The van der Waals surface area contributed by atoms with Crippen molar-refractivity contribution in [2.24, 2.45) is 0 Å². The van der Waals surface area contributed by atoms with Gasteiger partial charge in [0.05, 0.1) is 11.8 Å². The molecule has 1 saturated heterocycles. The van der Waals surface area contributed by atoms with E-state index in [0.717, 1.165) is 18.7 Å². The maximum atomic E-state index is 14.0. The van der Waals surface area contributed by atoms with E-state index in [1.54, 1.807) is 7.05 Å².